The van der Waals surface area contributed by atoms with Crippen LogP contribution >= 0.6 is 0 Å². The monoisotopic (exact) mass is 282 g/mol. The van der Waals surface area contributed by atoms with Crippen LogP contribution in [0.3, 0.4) is 0 Å². The van der Waals surface area contributed by atoms with E-state index in [9.17, 15) is 25.0 Å². The summed E-state index contributed by atoms with van der Waals surface area (Å²) < 4.78 is 10.1. The first-order valence-corrected chi connectivity index (χ1v) is 5.58. The third-order valence-corrected chi connectivity index (χ3v) is 3.01. The van der Waals surface area contributed by atoms with Crippen molar-refractivity contribution in [1.29, 1.82) is 0 Å². The first-order valence-electron chi connectivity index (χ1n) is 5.58. The van der Waals surface area contributed by atoms with Gasteiger partial charge in [-0.2, -0.15) is 0 Å². The van der Waals surface area contributed by atoms with Gasteiger partial charge >= 0.3 is 11.9 Å². The Labute approximate surface area is 112 Å². The first-order chi connectivity index (χ1) is 9.34. The highest BCUT2D eigenvalue weighted by atomic mass is 16.7. The summed E-state index contributed by atoms with van der Waals surface area (Å²) in [4.78, 5) is 32.1. The van der Waals surface area contributed by atoms with Crippen LogP contribution in [0.5, 0.6) is 0 Å². The van der Waals surface area contributed by atoms with Crippen molar-refractivity contribution in [2.75, 3.05) is 0 Å². The van der Waals surface area contributed by atoms with E-state index in [-0.39, 0.29) is 17.1 Å². The van der Waals surface area contributed by atoms with E-state index in [4.69, 9.17) is 9.15 Å². The van der Waals surface area contributed by atoms with E-state index in [2.05, 4.69) is 0 Å². The van der Waals surface area contributed by atoms with Crippen LogP contribution < -0.4 is 0 Å². The number of rotatable bonds is 4. The minimum atomic E-state index is -1.61. The number of ether oxygens (including phenoxy) is 1. The molecule has 0 saturated carbocycles. The number of ketones is 1. The molecule has 1 aliphatic heterocycles. The highest BCUT2D eigenvalue weighted by molar-refractivity contribution is 5.96. The summed E-state index contributed by atoms with van der Waals surface area (Å²) in [5.41, 5.74) is -0.399. The second kappa shape index (κ2) is 4.76. The number of carbonyl (C=O) groups is 1. The van der Waals surface area contributed by atoms with Crippen LogP contribution in [0.4, 0.5) is 5.69 Å². The lowest BCUT2D eigenvalue weighted by molar-refractivity contribution is -0.570. The van der Waals surface area contributed by atoms with Crippen molar-refractivity contribution in [3.05, 3.63) is 49.7 Å². The molecule has 2 rings (SSSR count). The Morgan fingerprint density at radius 3 is 2.50 bits per heavy atom. The number of allylic oxidation sites excluding steroid dienone is 1. The average molecular weight is 282 g/mol. The number of Topliss-reactive ketones (excluding diaryl/α,β-unsaturated/α-hetero) is 1. The number of hydrogen-bond donors (Lipinski definition) is 0. The Kier molecular flexibility index (Phi) is 3.26. The summed E-state index contributed by atoms with van der Waals surface area (Å²) in [6.07, 6.45) is -0.561. The zero-order valence-electron chi connectivity index (χ0n) is 10.6. The molecule has 2 atom stereocenters. The van der Waals surface area contributed by atoms with E-state index >= 15 is 0 Å². The molecule has 0 spiro atoms. The molecule has 9 nitrogen and oxygen atoms in total. The van der Waals surface area contributed by atoms with Crippen LogP contribution in [-0.4, -0.2) is 21.9 Å². The summed E-state index contributed by atoms with van der Waals surface area (Å²) in [5, 5.41) is 21.9. The lowest BCUT2D eigenvalue weighted by Crippen LogP contribution is -2.27. The van der Waals surface area contributed by atoms with Gasteiger partial charge in [0, 0.05) is 0 Å². The summed E-state index contributed by atoms with van der Waals surface area (Å²) in [6, 6.07) is 1.08. The Morgan fingerprint density at radius 1 is 1.35 bits per heavy atom. The second-order valence-corrected chi connectivity index (χ2v) is 4.22. The van der Waals surface area contributed by atoms with Crippen LogP contribution in [-0.2, 0) is 9.53 Å². The molecule has 0 aromatic carbocycles. The molecule has 106 valence electrons. The standard InChI is InChI=1S/C11H10N2O7/c1-5(14)8-6(2)20-11(13(17)18)9(8)10-7(12(15)16)3-4-19-10/h3-4,9,11H,1-2H3. The van der Waals surface area contributed by atoms with Gasteiger partial charge in [0.25, 0.3) is 0 Å². The third kappa shape index (κ3) is 2.02. The molecule has 0 bridgehead atoms. The molecule has 0 aliphatic carbocycles. The van der Waals surface area contributed by atoms with Crippen molar-refractivity contribution in [3.8, 4) is 0 Å². The van der Waals surface area contributed by atoms with Crippen molar-refractivity contribution in [1.82, 2.24) is 0 Å². The summed E-state index contributed by atoms with van der Waals surface area (Å²) in [5.74, 6) is -1.85. The first kappa shape index (κ1) is 13.7. The van der Waals surface area contributed by atoms with Gasteiger partial charge in [-0.1, -0.05) is 0 Å². The fourth-order valence-corrected chi connectivity index (χ4v) is 2.26. The van der Waals surface area contributed by atoms with E-state index < -0.39 is 33.5 Å². The van der Waals surface area contributed by atoms with E-state index in [1.54, 1.807) is 0 Å². The van der Waals surface area contributed by atoms with E-state index in [0.29, 0.717) is 0 Å². The normalized spacial score (nSPS) is 21.7. The minimum Gasteiger partial charge on any atom is -0.461 e. The zero-order chi connectivity index (χ0) is 15.0. The number of furan rings is 1. The Hall–Kier alpha value is -2.71. The van der Waals surface area contributed by atoms with Gasteiger partial charge in [0.2, 0.25) is 0 Å². The molecule has 0 N–H and O–H groups in total. The van der Waals surface area contributed by atoms with Crippen molar-refractivity contribution < 1.29 is 23.8 Å². The second-order valence-electron chi connectivity index (χ2n) is 4.22. The van der Waals surface area contributed by atoms with Gasteiger partial charge in [0.15, 0.2) is 17.5 Å². The molecule has 1 aromatic rings. The van der Waals surface area contributed by atoms with Gasteiger partial charge in [-0.15, -0.1) is 0 Å². The topological polar surface area (TPSA) is 126 Å². The van der Waals surface area contributed by atoms with Crippen LogP contribution in [0.25, 0.3) is 0 Å². The van der Waals surface area contributed by atoms with Crippen molar-refractivity contribution >= 4 is 11.5 Å². The molecule has 20 heavy (non-hydrogen) atoms. The lowest BCUT2D eigenvalue weighted by Gasteiger charge is -2.11. The largest absolute Gasteiger partial charge is 0.461 e. The molecule has 9 heteroatoms. The van der Waals surface area contributed by atoms with Crippen LogP contribution in [0.15, 0.2) is 28.1 Å². The maximum atomic E-state index is 11.6. The van der Waals surface area contributed by atoms with Crippen LogP contribution in [0.1, 0.15) is 25.5 Å². The molecule has 0 radical (unpaired) electrons. The van der Waals surface area contributed by atoms with Crippen LogP contribution in [0, 0.1) is 20.2 Å². The Bertz CT molecular complexity index is 630. The smallest absolute Gasteiger partial charge is 0.368 e. The lowest BCUT2D eigenvalue weighted by atomic mass is 9.92. The fourth-order valence-electron chi connectivity index (χ4n) is 2.26. The Morgan fingerprint density at radius 2 is 2.00 bits per heavy atom. The van der Waals surface area contributed by atoms with Gasteiger partial charge in [0.1, 0.15) is 5.76 Å². The van der Waals surface area contributed by atoms with Crippen molar-refractivity contribution in [2.24, 2.45) is 0 Å². The van der Waals surface area contributed by atoms with E-state index in [1.807, 2.05) is 0 Å². The van der Waals surface area contributed by atoms with Gasteiger partial charge in [-0.3, -0.25) is 25.0 Å². The minimum absolute atomic E-state index is 0.0183. The predicted molar refractivity (Wildman–Crippen MR) is 63.4 cm³/mol. The molecule has 0 amide bonds. The maximum Gasteiger partial charge on any atom is 0.368 e. The molecule has 2 unspecified atom stereocenters. The van der Waals surface area contributed by atoms with Gasteiger partial charge in [0.05, 0.1) is 27.7 Å². The summed E-state index contributed by atoms with van der Waals surface area (Å²) in [7, 11) is 0. The van der Waals surface area contributed by atoms with E-state index in [1.165, 1.54) is 13.8 Å². The Balaban J connectivity index is 2.59. The van der Waals surface area contributed by atoms with Crippen LogP contribution in [0.2, 0.25) is 0 Å². The SMILES string of the molecule is CC(=O)C1=C(C)OC([N+](=O)[O-])C1c1occc1[N+](=O)[O-]. The highest BCUT2D eigenvalue weighted by Gasteiger charge is 2.50. The number of carbonyl (C=O) groups excluding carboxylic acids is 1. The molecular weight excluding hydrogens is 272 g/mol. The van der Waals surface area contributed by atoms with Crippen molar-refractivity contribution in [3.63, 3.8) is 0 Å². The quantitative estimate of drug-likeness (QED) is 0.608. The number of nitrogens with zero attached hydrogens (tertiary/aromatic N) is 2. The fraction of sp³-hybridized carbons (Fsp3) is 0.364. The average Bonchev–Trinajstić information content (AvgIpc) is 2.91. The van der Waals surface area contributed by atoms with Crippen molar-refractivity contribution in [2.45, 2.75) is 26.0 Å². The molecule has 0 fully saturated rings. The third-order valence-electron chi connectivity index (χ3n) is 3.01. The molecule has 2 heterocycles. The highest BCUT2D eigenvalue weighted by Crippen LogP contribution is 2.43. The van der Waals surface area contributed by atoms with Gasteiger partial charge < -0.3 is 9.15 Å². The predicted octanol–water partition coefficient (Wildman–Crippen LogP) is 1.77. The zero-order valence-corrected chi connectivity index (χ0v) is 10.6. The molecule has 0 saturated heterocycles. The van der Waals surface area contributed by atoms with E-state index in [0.717, 1.165) is 12.3 Å². The van der Waals surface area contributed by atoms with Gasteiger partial charge in [-0.05, 0) is 13.8 Å². The summed E-state index contributed by atoms with van der Waals surface area (Å²) in [6.45, 7) is 2.62. The maximum absolute atomic E-state index is 11.6. The molecule has 1 aliphatic rings. The number of nitro groups is 2. The summed E-state index contributed by atoms with van der Waals surface area (Å²) >= 11 is 0. The molecular formula is C11H10N2O7. The van der Waals surface area contributed by atoms with Gasteiger partial charge in [-0.25, -0.2) is 0 Å². The molecule has 1 aromatic heterocycles. The number of hydrogen-bond acceptors (Lipinski definition) is 7.